The van der Waals surface area contributed by atoms with E-state index < -0.39 is 16.9 Å². The molecule has 0 spiro atoms. The van der Waals surface area contributed by atoms with Gasteiger partial charge in [0, 0.05) is 16.6 Å². The first-order chi connectivity index (χ1) is 17.5. The van der Waals surface area contributed by atoms with E-state index in [1.807, 2.05) is 30.3 Å². The molecule has 0 saturated heterocycles. The van der Waals surface area contributed by atoms with E-state index >= 15 is 0 Å². The van der Waals surface area contributed by atoms with Gasteiger partial charge in [-0.2, -0.15) is 0 Å². The van der Waals surface area contributed by atoms with Crippen molar-refractivity contribution < 1.29 is 19.0 Å². The minimum atomic E-state index is -0.742. The van der Waals surface area contributed by atoms with Crippen LogP contribution in [0.5, 0.6) is 17.2 Å². The fourth-order valence-corrected chi connectivity index (χ4v) is 4.81. The molecule has 0 aliphatic heterocycles. The van der Waals surface area contributed by atoms with E-state index in [0.717, 1.165) is 17.3 Å². The van der Waals surface area contributed by atoms with E-state index in [9.17, 15) is 14.7 Å². The average Bonchev–Trinajstić information content (AvgIpc) is 2.91. The van der Waals surface area contributed by atoms with Gasteiger partial charge in [-0.1, -0.05) is 48.2 Å². The molecule has 0 aliphatic carbocycles. The van der Waals surface area contributed by atoms with Crippen molar-refractivity contribution in [3.63, 3.8) is 0 Å². The van der Waals surface area contributed by atoms with E-state index in [4.69, 9.17) is 13.9 Å². The molecule has 7 nitrogen and oxygen atoms in total. The van der Waals surface area contributed by atoms with Crippen LogP contribution < -0.4 is 20.7 Å². The van der Waals surface area contributed by atoms with Gasteiger partial charge in [0.1, 0.15) is 27.4 Å². The molecular formula is C28H21NO6S. The first-order valence-corrected chi connectivity index (χ1v) is 11.8. The van der Waals surface area contributed by atoms with Gasteiger partial charge in [-0.3, -0.25) is 9.36 Å². The van der Waals surface area contributed by atoms with Crippen molar-refractivity contribution in [3.8, 4) is 34.2 Å². The summed E-state index contributed by atoms with van der Waals surface area (Å²) < 4.78 is 17.5. The van der Waals surface area contributed by atoms with Crippen molar-refractivity contribution in [2.75, 3.05) is 14.2 Å². The minimum absolute atomic E-state index is 0.00102. The van der Waals surface area contributed by atoms with Crippen molar-refractivity contribution in [2.24, 2.45) is 0 Å². The molecule has 0 amide bonds. The molecule has 5 aromatic rings. The van der Waals surface area contributed by atoms with Crippen LogP contribution in [0.3, 0.4) is 0 Å². The van der Waals surface area contributed by atoms with Gasteiger partial charge in [0.2, 0.25) is 0 Å². The van der Waals surface area contributed by atoms with Gasteiger partial charge in [-0.05, 0) is 48.0 Å². The molecular weight excluding hydrogens is 478 g/mol. The molecule has 8 heteroatoms. The molecule has 1 N–H and O–H groups in total. The summed E-state index contributed by atoms with van der Waals surface area (Å²) in [5, 5.41) is 11.1. The number of hydrogen-bond acceptors (Lipinski definition) is 7. The maximum atomic E-state index is 13.9. The summed E-state index contributed by atoms with van der Waals surface area (Å²) >= 11 is 1.00. The van der Waals surface area contributed by atoms with Crippen LogP contribution in [0.25, 0.3) is 27.9 Å². The molecule has 0 fully saturated rings. The van der Waals surface area contributed by atoms with Crippen molar-refractivity contribution in [2.45, 2.75) is 9.79 Å². The molecule has 2 aromatic heterocycles. The van der Waals surface area contributed by atoms with Gasteiger partial charge in [0.15, 0.2) is 5.75 Å². The Bertz CT molecular complexity index is 1670. The van der Waals surface area contributed by atoms with Crippen LogP contribution in [0.2, 0.25) is 0 Å². The van der Waals surface area contributed by atoms with Crippen LogP contribution in [0, 0.1) is 0 Å². The zero-order chi connectivity index (χ0) is 25.2. The topological polar surface area (TPSA) is 90.9 Å². The Balaban J connectivity index is 1.77. The number of nitrogens with zero attached hydrogens (tertiary/aromatic N) is 1. The molecule has 0 saturated carbocycles. The maximum Gasteiger partial charge on any atom is 0.354 e. The third kappa shape index (κ3) is 4.23. The lowest BCUT2D eigenvalue weighted by Gasteiger charge is -2.16. The Kier molecular flexibility index (Phi) is 6.26. The number of benzene rings is 3. The van der Waals surface area contributed by atoms with E-state index in [0.29, 0.717) is 27.8 Å². The van der Waals surface area contributed by atoms with Gasteiger partial charge < -0.3 is 19.0 Å². The summed E-state index contributed by atoms with van der Waals surface area (Å²) in [5.41, 5.74) is 0.548. The molecule has 36 heavy (non-hydrogen) atoms. The molecule has 0 radical (unpaired) electrons. The van der Waals surface area contributed by atoms with Gasteiger partial charge in [-0.25, -0.2) is 4.79 Å². The molecule has 2 heterocycles. The van der Waals surface area contributed by atoms with Crippen molar-refractivity contribution in [1.29, 1.82) is 0 Å². The Morgan fingerprint density at radius 3 is 2.25 bits per heavy atom. The smallest absolute Gasteiger partial charge is 0.354 e. The first-order valence-electron chi connectivity index (χ1n) is 11.0. The number of aromatic hydroxyl groups is 1. The SMILES string of the molecule is COc1ccc(-n2c(-c3ccccc3)cc3oc(=O)c(Sc4cccc(OC)c4)c(O)c3c2=O)cc1. The number of ether oxygens (including phenoxy) is 2. The van der Waals surface area contributed by atoms with Gasteiger partial charge >= 0.3 is 5.63 Å². The maximum absolute atomic E-state index is 13.9. The summed E-state index contributed by atoms with van der Waals surface area (Å²) in [4.78, 5) is 27.4. The fraction of sp³-hybridized carbons (Fsp3) is 0.0714. The highest BCUT2D eigenvalue weighted by atomic mass is 32.2. The summed E-state index contributed by atoms with van der Waals surface area (Å²) in [6.45, 7) is 0. The third-order valence-corrected chi connectivity index (χ3v) is 6.73. The van der Waals surface area contributed by atoms with Gasteiger partial charge in [0.05, 0.1) is 19.9 Å². The van der Waals surface area contributed by atoms with Crippen molar-refractivity contribution >= 4 is 22.7 Å². The third-order valence-electron chi connectivity index (χ3n) is 5.67. The number of methoxy groups -OCH3 is 2. The van der Waals surface area contributed by atoms with E-state index in [1.165, 1.54) is 11.7 Å². The lowest BCUT2D eigenvalue weighted by Crippen LogP contribution is -2.21. The zero-order valence-corrected chi connectivity index (χ0v) is 20.2. The predicted molar refractivity (Wildman–Crippen MR) is 139 cm³/mol. The molecule has 180 valence electrons. The standard InChI is InChI=1S/C28H21NO6S/c1-33-19-13-11-18(12-14-19)29-22(17-7-4-3-5-8-17)16-23-24(27(29)31)25(30)26(28(32)35-23)36-21-10-6-9-20(15-21)34-2/h3-16,30H,1-2H3. The Hall–Kier alpha value is -4.43. The van der Waals surface area contributed by atoms with Gasteiger partial charge in [-0.15, -0.1) is 0 Å². The number of rotatable bonds is 6. The van der Waals surface area contributed by atoms with Crippen LogP contribution >= 0.6 is 11.8 Å². The average molecular weight is 500 g/mol. The molecule has 5 rings (SSSR count). The molecule has 0 unspecified atom stereocenters. The summed E-state index contributed by atoms with van der Waals surface area (Å²) in [7, 11) is 3.10. The monoisotopic (exact) mass is 499 g/mol. The summed E-state index contributed by atoms with van der Waals surface area (Å²) in [5.74, 6) is 0.805. The largest absolute Gasteiger partial charge is 0.505 e. The van der Waals surface area contributed by atoms with Crippen LogP contribution in [-0.4, -0.2) is 23.9 Å². The molecule has 0 atom stereocenters. The van der Waals surface area contributed by atoms with Crippen LogP contribution in [0.15, 0.2) is 109 Å². The van der Waals surface area contributed by atoms with Crippen molar-refractivity contribution in [1.82, 2.24) is 4.57 Å². The number of fused-ring (bicyclic) bond motifs is 1. The Labute approximate surface area is 210 Å². The number of aromatic nitrogens is 1. The lowest BCUT2D eigenvalue weighted by molar-refractivity contribution is 0.413. The highest BCUT2D eigenvalue weighted by Crippen LogP contribution is 2.37. The molecule has 0 bridgehead atoms. The second kappa shape index (κ2) is 9.67. The first kappa shape index (κ1) is 23.3. The normalized spacial score (nSPS) is 10.9. The molecule has 0 aliphatic rings. The second-order valence-electron chi connectivity index (χ2n) is 7.82. The number of hydrogen-bond donors (Lipinski definition) is 1. The summed E-state index contributed by atoms with van der Waals surface area (Å²) in [6.07, 6.45) is 0. The lowest BCUT2D eigenvalue weighted by atomic mass is 10.1. The highest BCUT2D eigenvalue weighted by Gasteiger charge is 2.22. The highest BCUT2D eigenvalue weighted by molar-refractivity contribution is 7.99. The van der Waals surface area contributed by atoms with E-state index in [1.54, 1.807) is 61.7 Å². The van der Waals surface area contributed by atoms with Crippen LogP contribution in [0.4, 0.5) is 0 Å². The molecule has 3 aromatic carbocycles. The number of pyridine rings is 1. The Morgan fingerprint density at radius 1 is 0.833 bits per heavy atom. The fourth-order valence-electron chi connectivity index (χ4n) is 3.92. The zero-order valence-electron chi connectivity index (χ0n) is 19.4. The quantitative estimate of drug-likeness (QED) is 0.331. The minimum Gasteiger partial charge on any atom is -0.505 e. The van der Waals surface area contributed by atoms with Crippen LogP contribution in [-0.2, 0) is 0 Å². The van der Waals surface area contributed by atoms with E-state index in [-0.39, 0.29) is 15.9 Å². The predicted octanol–water partition coefficient (Wildman–Crippen LogP) is 5.48. The Morgan fingerprint density at radius 2 is 1.56 bits per heavy atom. The summed E-state index contributed by atoms with van der Waals surface area (Å²) in [6, 6.07) is 24.9. The van der Waals surface area contributed by atoms with Crippen molar-refractivity contribution in [3.05, 3.63) is 106 Å². The van der Waals surface area contributed by atoms with Crippen LogP contribution in [0.1, 0.15) is 0 Å². The second-order valence-corrected chi connectivity index (χ2v) is 8.91. The van der Waals surface area contributed by atoms with E-state index in [2.05, 4.69) is 0 Å². The van der Waals surface area contributed by atoms with Gasteiger partial charge in [0.25, 0.3) is 5.56 Å².